The van der Waals surface area contributed by atoms with E-state index >= 15 is 0 Å². The maximum atomic E-state index is 11.2. The second kappa shape index (κ2) is 10.5. The van der Waals surface area contributed by atoms with Crippen molar-refractivity contribution in [2.45, 2.75) is 38.3 Å². The number of nitrogens with zero attached hydrogens (tertiary/aromatic N) is 4. The Balaban J connectivity index is 1.36. The van der Waals surface area contributed by atoms with E-state index in [0.717, 1.165) is 59.5 Å². The fourth-order valence-corrected chi connectivity index (χ4v) is 4.79. The number of imidazole rings is 1. The van der Waals surface area contributed by atoms with Gasteiger partial charge in [-0.05, 0) is 63.1 Å². The van der Waals surface area contributed by atoms with Gasteiger partial charge in [0.2, 0.25) is 0 Å². The molecular formula is C29H33N7O. The molecule has 190 valence electrons. The van der Waals surface area contributed by atoms with Crippen LogP contribution in [0.1, 0.15) is 44.0 Å². The molecule has 3 aromatic heterocycles. The highest BCUT2D eigenvalue weighted by Crippen LogP contribution is 2.31. The second-order valence-electron chi connectivity index (χ2n) is 9.55. The minimum absolute atomic E-state index is 0.403. The van der Waals surface area contributed by atoms with Gasteiger partial charge in [0, 0.05) is 23.5 Å². The zero-order valence-electron chi connectivity index (χ0n) is 21.2. The topological polar surface area (TPSA) is 118 Å². The summed E-state index contributed by atoms with van der Waals surface area (Å²) in [6.07, 6.45) is 15.4. The van der Waals surface area contributed by atoms with Crippen LogP contribution in [0.3, 0.4) is 0 Å². The summed E-state index contributed by atoms with van der Waals surface area (Å²) in [7, 11) is 0. The lowest BCUT2D eigenvalue weighted by atomic mass is 9.87. The molecule has 0 spiro atoms. The highest BCUT2D eigenvalue weighted by molar-refractivity contribution is 5.76. The van der Waals surface area contributed by atoms with Crippen molar-refractivity contribution in [1.82, 2.24) is 30.0 Å². The Hall–Kier alpha value is -4.01. The van der Waals surface area contributed by atoms with Crippen molar-refractivity contribution in [2.24, 2.45) is 0 Å². The molecule has 5 N–H and O–H groups in total. The summed E-state index contributed by atoms with van der Waals surface area (Å²) in [5.41, 5.74) is 10.2. The molecule has 37 heavy (non-hydrogen) atoms. The lowest BCUT2D eigenvalue weighted by molar-refractivity contribution is 0.101. The minimum Gasteiger partial charge on any atom is -0.383 e. The van der Waals surface area contributed by atoms with Crippen molar-refractivity contribution in [1.29, 1.82) is 0 Å². The number of pyridine rings is 1. The van der Waals surface area contributed by atoms with Crippen LogP contribution in [-0.2, 0) is 5.60 Å². The van der Waals surface area contributed by atoms with Gasteiger partial charge in [-0.1, -0.05) is 42.5 Å². The number of aromatic amines is 1. The molecule has 4 aromatic rings. The van der Waals surface area contributed by atoms with E-state index in [1.165, 1.54) is 0 Å². The maximum Gasteiger partial charge on any atom is 0.141 e. The van der Waals surface area contributed by atoms with Crippen LogP contribution in [-0.4, -0.2) is 42.9 Å². The van der Waals surface area contributed by atoms with Gasteiger partial charge in [-0.3, -0.25) is 4.68 Å². The Labute approximate surface area is 217 Å². The molecule has 1 aliphatic rings. The molecule has 1 aliphatic heterocycles. The number of H-pyrrole nitrogens is 1. The Morgan fingerprint density at radius 1 is 1.11 bits per heavy atom. The van der Waals surface area contributed by atoms with Crippen LogP contribution in [0.25, 0.3) is 28.6 Å². The van der Waals surface area contributed by atoms with Gasteiger partial charge in [-0.15, -0.1) is 0 Å². The quantitative estimate of drug-likeness (QED) is 0.276. The number of rotatable bonds is 7. The molecule has 4 heterocycles. The molecule has 5 rings (SSSR count). The predicted octanol–water partition coefficient (Wildman–Crippen LogP) is 4.71. The van der Waals surface area contributed by atoms with Crippen molar-refractivity contribution >= 4 is 11.9 Å². The monoisotopic (exact) mass is 495 g/mol. The van der Waals surface area contributed by atoms with Crippen molar-refractivity contribution in [2.75, 3.05) is 18.8 Å². The highest BCUT2D eigenvalue weighted by Gasteiger charge is 2.25. The maximum absolute atomic E-state index is 11.2. The number of benzene rings is 1. The standard InChI is InChI=1S/C29H33N7O/c1-3-22(29(2,37)23-7-5-4-6-8-23)9-10-24-18-33-28(35-24)26-15-20(16-32-27(26)30)21-17-34-36(19-21)25-11-13-31-14-12-25/h3-10,15-19,25,31,37H,11-14H2,1-2H3,(H2,30,32)(H,33,35)/b10-9-,22-3+. The summed E-state index contributed by atoms with van der Waals surface area (Å²) in [6.45, 7) is 5.75. The van der Waals surface area contributed by atoms with Gasteiger partial charge in [0.1, 0.15) is 17.2 Å². The molecule has 1 unspecified atom stereocenters. The molecule has 1 fully saturated rings. The van der Waals surface area contributed by atoms with E-state index in [2.05, 4.69) is 36.2 Å². The smallest absolute Gasteiger partial charge is 0.141 e. The molecular weight excluding hydrogens is 462 g/mol. The van der Waals surface area contributed by atoms with Crippen LogP contribution in [0, 0.1) is 0 Å². The molecule has 1 aromatic carbocycles. The molecule has 0 bridgehead atoms. The van der Waals surface area contributed by atoms with Crippen LogP contribution in [0.2, 0.25) is 0 Å². The molecule has 0 saturated carbocycles. The molecule has 0 amide bonds. The first-order chi connectivity index (χ1) is 18.0. The predicted molar refractivity (Wildman–Crippen MR) is 147 cm³/mol. The third-order valence-electron chi connectivity index (χ3n) is 7.04. The van der Waals surface area contributed by atoms with Gasteiger partial charge in [0.05, 0.1) is 29.7 Å². The summed E-state index contributed by atoms with van der Waals surface area (Å²) < 4.78 is 2.06. The van der Waals surface area contributed by atoms with Crippen molar-refractivity contribution in [3.8, 4) is 22.5 Å². The van der Waals surface area contributed by atoms with E-state index < -0.39 is 5.60 Å². The van der Waals surface area contributed by atoms with Gasteiger partial charge in [0.25, 0.3) is 0 Å². The lowest BCUT2D eigenvalue weighted by Gasteiger charge is -2.25. The zero-order chi connectivity index (χ0) is 25.8. The summed E-state index contributed by atoms with van der Waals surface area (Å²) in [6, 6.07) is 12.0. The number of anilines is 1. The van der Waals surface area contributed by atoms with Crippen LogP contribution < -0.4 is 11.1 Å². The highest BCUT2D eigenvalue weighted by atomic mass is 16.3. The first kappa shape index (κ1) is 24.7. The van der Waals surface area contributed by atoms with E-state index in [-0.39, 0.29) is 0 Å². The third kappa shape index (κ3) is 5.26. The fraction of sp³-hybridized carbons (Fsp3) is 0.276. The summed E-state index contributed by atoms with van der Waals surface area (Å²) >= 11 is 0. The fourth-order valence-electron chi connectivity index (χ4n) is 4.79. The average Bonchev–Trinajstić information content (AvgIpc) is 3.61. The Bertz CT molecular complexity index is 1410. The number of piperidine rings is 1. The van der Waals surface area contributed by atoms with E-state index in [1.807, 2.05) is 67.7 Å². The number of aromatic nitrogens is 5. The normalized spacial score (nSPS) is 16.8. The minimum atomic E-state index is -1.11. The molecule has 0 radical (unpaired) electrons. The number of nitrogen functional groups attached to an aromatic ring is 1. The van der Waals surface area contributed by atoms with Crippen molar-refractivity contribution < 1.29 is 5.11 Å². The van der Waals surface area contributed by atoms with Crippen LogP contribution in [0.15, 0.2) is 78.9 Å². The van der Waals surface area contributed by atoms with Crippen LogP contribution in [0.4, 0.5) is 5.82 Å². The van der Waals surface area contributed by atoms with Crippen molar-refractivity contribution in [3.63, 3.8) is 0 Å². The van der Waals surface area contributed by atoms with Crippen LogP contribution in [0.5, 0.6) is 0 Å². The number of nitrogens with two attached hydrogens (primary N) is 1. The first-order valence-electron chi connectivity index (χ1n) is 12.6. The van der Waals surface area contributed by atoms with Gasteiger partial charge in [0.15, 0.2) is 0 Å². The van der Waals surface area contributed by atoms with E-state index in [1.54, 1.807) is 19.3 Å². The number of aliphatic hydroxyl groups is 1. The van der Waals surface area contributed by atoms with Gasteiger partial charge in [-0.2, -0.15) is 5.10 Å². The molecule has 1 atom stereocenters. The Morgan fingerprint density at radius 3 is 2.65 bits per heavy atom. The van der Waals surface area contributed by atoms with Crippen LogP contribution >= 0.6 is 0 Å². The van der Waals surface area contributed by atoms with E-state index in [0.29, 0.717) is 17.7 Å². The van der Waals surface area contributed by atoms with Gasteiger partial charge >= 0.3 is 0 Å². The van der Waals surface area contributed by atoms with Crippen molar-refractivity contribution in [3.05, 3.63) is 90.2 Å². The largest absolute Gasteiger partial charge is 0.383 e. The Morgan fingerprint density at radius 2 is 1.89 bits per heavy atom. The average molecular weight is 496 g/mol. The third-order valence-corrected chi connectivity index (χ3v) is 7.04. The number of hydrogen-bond acceptors (Lipinski definition) is 6. The van der Waals surface area contributed by atoms with E-state index in [9.17, 15) is 5.11 Å². The van der Waals surface area contributed by atoms with E-state index in [4.69, 9.17) is 5.73 Å². The first-order valence-corrected chi connectivity index (χ1v) is 12.6. The summed E-state index contributed by atoms with van der Waals surface area (Å²) in [5.74, 6) is 1.04. The molecule has 0 aliphatic carbocycles. The SMILES string of the molecule is C/C=C(\C=C/c1cnc(-c2cc(-c3cnn(C4CCNCC4)c3)cnc2N)[nH]1)C(C)(O)c1ccccc1. The Kier molecular flexibility index (Phi) is 7.03. The molecule has 8 heteroatoms. The zero-order valence-corrected chi connectivity index (χ0v) is 21.2. The molecule has 1 saturated heterocycles. The van der Waals surface area contributed by atoms with Gasteiger partial charge in [-0.25, -0.2) is 9.97 Å². The summed E-state index contributed by atoms with van der Waals surface area (Å²) in [5, 5.41) is 19.2. The second-order valence-corrected chi connectivity index (χ2v) is 9.55. The van der Waals surface area contributed by atoms with Gasteiger partial charge < -0.3 is 21.1 Å². The number of allylic oxidation sites excluding steroid dienone is 1. The molecule has 8 nitrogen and oxygen atoms in total. The number of hydrogen-bond donors (Lipinski definition) is 4. The summed E-state index contributed by atoms with van der Waals surface area (Å²) in [4.78, 5) is 12.3. The lowest BCUT2D eigenvalue weighted by Crippen LogP contribution is -2.29. The number of nitrogens with one attached hydrogen (secondary N) is 2.